The van der Waals surface area contributed by atoms with E-state index in [9.17, 15) is 4.39 Å². The number of anilines is 1. The molecule has 2 fully saturated rings. The highest BCUT2D eigenvalue weighted by Crippen LogP contribution is 2.34. The Hall–Kier alpha value is -3.63. The summed E-state index contributed by atoms with van der Waals surface area (Å²) in [4.78, 5) is 11.5. The van der Waals surface area contributed by atoms with E-state index >= 15 is 0 Å². The Labute approximate surface area is 214 Å². The highest BCUT2D eigenvalue weighted by molar-refractivity contribution is 5.58. The van der Waals surface area contributed by atoms with Gasteiger partial charge in [0.05, 0.1) is 19.8 Å². The number of halogens is 1. The lowest BCUT2D eigenvalue weighted by Crippen LogP contribution is -2.42. The van der Waals surface area contributed by atoms with Crippen molar-refractivity contribution in [2.45, 2.75) is 32.0 Å². The van der Waals surface area contributed by atoms with Gasteiger partial charge in [0.1, 0.15) is 5.82 Å². The van der Waals surface area contributed by atoms with Crippen molar-refractivity contribution in [2.75, 3.05) is 44.7 Å². The van der Waals surface area contributed by atoms with E-state index in [1.54, 1.807) is 24.3 Å². The van der Waals surface area contributed by atoms with Crippen LogP contribution in [0.3, 0.4) is 0 Å². The van der Waals surface area contributed by atoms with Gasteiger partial charge in [0, 0.05) is 30.5 Å². The quantitative estimate of drug-likeness (QED) is 0.366. The minimum absolute atomic E-state index is 0.0939. The minimum atomic E-state index is -1.40. The summed E-state index contributed by atoms with van der Waals surface area (Å²) in [6.45, 7) is 7.12. The molecule has 6 rings (SSSR count). The van der Waals surface area contributed by atoms with Crippen molar-refractivity contribution in [3.8, 4) is 23.0 Å². The van der Waals surface area contributed by atoms with Gasteiger partial charge in [-0.15, -0.1) is 0 Å². The lowest BCUT2D eigenvalue weighted by Gasteiger charge is -2.34. The van der Waals surface area contributed by atoms with Crippen molar-refractivity contribution < 1.29 is 13.7 Å². The van der Waals surface area contributed by atoms with E-state index in [4.69, 9.17) is 9.26 Å². The summed E-state index contributed by atoms with van der Waals surface area (Å²) < 4.78 is 26.9. The highest BCUT2D eigenvalue weighted by Gasteiger charge is 2.40. The third-order valence-electron chi connectivity index (χ3n) is 7.04. The van der Waals surface area contributed by atoms with Crippen LogP contribution >= 0.6 is 0 Å². The van der Waals surface area contributed by atoms with E-state index in [-0.39, 0.29) is 13.2 Å². The zero-order valence-electron chi connectivity index (χ0n) is 20.9. The van der Waals surface area contributed by atoms with E-state index in [0.29, 0.717) is 29.5 Å². The van der Waals surface area contributed by atoms with Crippen LogP contribution in [0.2, 0.25) is 0 Å². The normalized spacial score (nSPS) is 17.1. The van der Waals surface area contributed by atoms with Crippen LogP contribution in [-0.2, 0) is 17.0 Å². The second-order valence-electron chi connectivity index (χ2n) is 9.81. The van der Waals surface area contributed by atoms with Gasteiger partial charge in [0.15, 0.2) is 11.4 Å². The number of ether oxygens (including phenoxy) is 1. The second-order valence-corrected chi connectivity index (χ2v) is 9.81. The number of alkyl halides is 1. The van der Waals surface area contributed by atoms with Gasteiger partial charge >= 0.3 is 0 Å². The van der Waals surface area contributed by atoms with Crippen molar-refractivity contribution in [3.05, 3.63) is 65.5 Å². The van der Waals surface area contributed by atoms with E-state index in [0.717, 1.165) is 35.7 Å². The van der Waals surface area contributed by atoms with Crippen LogP contribution < -0.4 is 5.32 Å². The van der Waals surface area contributed by atoms with E-state index in [2.05, 4.69) is 36.5 Å². The average molecular weight is 504 g/mol. The number of aryl methyl sites for hydroxylation is 1. The Balaban J connectivity index is 1.08. The molecule has 10 heteroatoms. The van der Waals surface area contributed by atoms with E-state index in [1.165, 1.54) is 25.9 Å². The maximum atomic E-state index is 14.5. The van der Waals surface area contributed by atoms with Crippen LogP contribution in [0.5, 0.6) is 0 Å². The molecular weight excluding hydrogens is 473 g/mol. The van der Waals surface area contributed by atoms with Crippen LogP contribution in [0.4, 0.5) is 10.2 Å². The number of pyridine rings is 1. The van der Waals surface area contributed by atoms with Crippen molar-refractivity contribution in [1.82, 2.24) is 29.8 Å². The molecular formula is C27H30FN7O2. The molecule has 0 saturated carbocycles. The lowest BCUT2D eigenvalue weighted by molar-refractivity contribution is -0.135. The monoisotopic (exact) mass is 503 g/mol. The van der Waals surface area contributed by atoms with Gasteiger partial charge in [-0.25, -0.2) is 9.37 Å². The fraction of sp³-hybridized carbons (Fsp3) is 0.407. The molecule has 0 spiro atoms. The molecule has 192 valence electrons. The molecule has 0 radical (unpaired) electrons. The van der Waals surface area contributed by atoms with Crippen LogP contribution in [0.1, 0.15) is 29.7 Å². The molecule has 1 aromatic carbocycles. The standard InChI is InChI=1S/C27H30FN7O2/c1-19-14-23(26-31-25(33-37-26)21-5-7-22(8-6-21)27(28)17-36-18-27)32-35(19)16-20-4-9-24(30-15-20)29-10-13-34-11-2-3-12-34/h4-9,14-15H,2-3,10-13,16-18H2,1H3,(H,29,30). The minimum Gasteiger partial charge on any atom is -0.374 e. The predicted molar refractivity (Wildman–Crippen MR) is 137 cm³/mol. The number of hydrogen-bond donors (Lipinski definition) is 1. The molecule has 0 aliphatic carbocycles. The molecule has 37 heavy (non-hydrogen) atoms. The number of nitrogens with zero attached hydrogens (tertiary/aromatic N) is 6. The number of likely N-dealkylation sites (tertiary alicyclic amines) is 1. The molecule has 9 nitrogen and oxygen atoms in total. The molecule has 0 atom stereocenters. The molecule has 3 aromatic heterocycles. The number of hydrogen-bond acceptors (Lipinski definition) is 8. The fourth-order valence-corrected chi connectivity index (χ4v) is 4.73. The van der Waals surface area contributed by atoms with Crippen LogP contribution in [0.15, 0.2) is 53.2 Å². The summed E-state index contributed by atoms with van der Waals surface area (Å²) >= 11 is 0. The molecule has 5 heterocycles. The first-order chi connectivity index (χ1) is 18.1. The number of rotatable bonds is 9. The first-order valence-corrected chi connectivity index (χ1v) is 12.7. The Bertz CT molecular complexity index is 1340. The van der Waals surface area contributed by atoms with Crippen LogP contribution in [0, 0.1) is 6.92 Å². The number of benzene rings is 1. The maximum absolute atomic E-state index is 14.5. The van der Waals surface area contributed by atoms with Crippen molar-refractivity contribution in [1.29, 1.82) is 0 Å². The molecule has 4 aromatic rings. The van der Waals surface area contributed by atoms with Gasteiger partial charge in [0.25, 0.3) is 5.89 Å². The molecule has 0 amide bonds. The zero-order chi connectivity index (χ0) is 25.2. The van der Waals surface area contributed by atoms with E-state index < -0.39 is 5.67 Å². The van der Waals surface area contributed by atoms with Gasteiger partial charge in [-0.05, 0) is 56.1 Å². The lowest BCUT2D eigenvalue weighted by atomic mass is 9.93. The Kier molecular flexibility index (Phi) is 6.43. The summed E-state index contributed by atoms with van der Waals surface area (Å²) in [6.07, 6.45) is 4.49. The highest BCUT2D eigenvalue weighted by atomic mass is 19.1. The Morgan fingerprint density at radius 3 is 2.59 bits per heavy atom. The summed E-state index contributed by atoms with van der Waals surface area (Å²) in [7, 11) is 0. The third-order valence-corrected chi connectivity index (χ3v) is 7.04. The van der Waals surface area contributed by atoms with Crippen molar-refractivity contribution in [3.63, 3.8) is 0 Å². The first kappa shape index (κ1) is 23.7. The summed E-state index contributed by atoms with van der Waals surface area (Å²) in [5, 5.41) is 12.2. The van der Waals surface area contributed by atoms with Crippen molar-refractivity contribution in [2.24, 2.45) is 0 Å². The first-order valence-electron chi connectivity index (χ1n) is 12.7. The van der Waals surface area contributed by atoms with Gasteiger partial charge in [-0.1, -0.05) is 35.5 Å². The summed E-state index contributed by atoms with van der Waals surface area (Å²) in [6, 6.07) is 13.1. The second kappa shape index (κ2) is 10.0. The number of nitrogens with one attached hydrogen (secondary N) is 1. The molecule has 0 unspecified atom stereocenters. The third kappa shape index (κ3) is 5.12. The summed E-state index contributed by atoms with van der Waals surface area (Å²) in [5.74, 6) is 1.66. The molecule has 0 bridgehead atoms. The molecule has 1 N–H and O–H groups in total. The van der Waals surface area contributed by atoms with Crippen molar-refractivity contribution >= 4 is 5.82 Å². The Morgan fingerprint density at radius 2 is 1.89 bits per heavy atom. The average Bonchev–Trinajstić information content (AvgIpc) is 3.66. The topological polar surface area (TPSA) is 94.1 Å². The van der Waals surface area contributed by atoms with Gasteiger partial charge in [-0.3, -0.25) is 4.68 Å². The van der Waals surface area contributed by atoms with Gasteiger partial charge in [0.2, 0.25) is 5.82 Å². The molecule has 2 aliphatic heterocycles. The maximum Gasteiger partial charge on any atom is 0.278 e. The van der Waals surface area contributed by atoms with E-state index in [1.807, 2.05) is 29.9 Å². The molecule has 2 saturated heterocycles. The smallest absolute Gasteiger partial charge is 0.278 e. The summed E-state index contributed by atoms with van der Waals surface area (Å²) in [5.41, 5.74) is 2.58. The molecule has 2 aliphatic rings. The van der Waals surface area contributed by atoms with Crippen LogP contribution in [-0.4, -0.2) is 69.2 Å². The SMILES string of the molecule is Cc1cc(-c2nc(-c3ccc(C4(F)COC4)cc3)no2)nn1Cc1ccc(NCCN2CCCC2)nc1. The van der Waals surface area contributed by atoms with Crippen LogP contribution in [0.25, 0.3) is 23.0 Å². The fourth-order valence-electron chi connectivity index (χ4n) is 4.73. The zero-order valence-corrected chi connectivity index (χ0v) is 20.9. The van der Waals surface area contributed by atoms with Gasteiger partial charge in [-0.2, -0.15) is 10.1 Å². The Morgan fingerprint density at radius 1 is 1.08 bits per heavy atom. The predicted octanol–water partition coefficient (Wildman–Crippen LogP) is 4.05. The number of aromatic nitrogens is 5. The largest absolute Gasteiger partial charge is 0.374 e. The van der Waals surface area contributed by atoms with Gasteiger partial charge < -0.3 is 19.5 Å².